The van der Waals surface area contributed by atoms with Gasteiger partial charge in [0.25, 0.3) is 5.91 Å². The predicted molar refractivity (Wildman–Crippen MR) is 103 cm³/mol. The fourth-order valence-electron chi connectivity index (χ4n) is 2.10. The Morgan fingerprint density at radius 1 is 1.21 bits per heavy atom. The van der Waals surface area contributed by atoms with Gasteiger partial charge in [-0.1, -0.05) is 53.4 Å². The molecule has 0 spiro atoms. The second-order valence-electron chi connectivity index (χ2n) is 5.31. The van der Waals surface area contributed by atoms with Crippen LogP contribution in [-0.4, -0.2) is 27.6 Å². The first kappa shape index (κ1) is 19.7. The first-order valence-electron chi connectivity index (χ1n) is 7.88. The molecule has 0 aliphatic heterocycles. The predicted octanol–water partition coefficient (Wildman–Crippen LogP) is 3.90. The molecule has 0 saturated carbocycles. The van der Waals surface area contributed by atoms with Crippen molar-refractivity contribution >= 4 is 39.8 Å². The summed E-state index contributed by atoms with van der Waals surface area (Å²) in [4.78, 5) is 22.3. The van der Waals surface area contributed by atoms with Crippen LogP contribution >= 0.6 is 23.1 Å². The second-order valence-corrected chi connectivity index (χ2v) is 7.51. The lowest BCUT2D eigenvalue weighted by Crippen LogP contribution is -2.20. The molecule has 1 heterocycles. The summed E-state index contributed by atoms with van der Waals surface area (Å²) in [5, 5.41) is 21.5. The Bertz CT molecular complexity index is 999. The van der Waals surface area contributed by atoms with Crippen LogP contribution in [0, 0.1) is 15.9 Å². The number of amides is 1. The number of benzene rings is 2. The number of hydrogen-bond donors (Lipinski definition) is 1. The average Bonchev–Trinajstić information content (AvgIpc) is 3.13. The van der Waals surface area contributed by atoms with Crippen LogP contribution in [0.4, 0.5) is 15.2 Å². The number of nitro benzene ring substituents is 1. The van der Waals surface area contributed by atoms with Gasteiger partial charge in [-0.05, 0) is 17.7 Å². The smallest absolute Gasteiger partial charge is 0.310 e. The highest BCUT2D eigenvalue weighted by molar-refractivity contribution is 8.00. The molecule has 0 saturated heterocycles. The zero-order chi connectivity index (χ0) is 19.9. The molecule has 0 fully saturated rings. The number of anilines is 1. The number of nitrogens with one attached hydrogen (secondary N) is 1. The number of halogens is 1. The van der Waals surface area contributed by atoms with E-state index in [1.807, 2.05) is 0 Å². The third-order valence-electron chi connectivity index (χ3n) is 3.38. The molecule has 28 heavy (non-hydrogen) atoms. The zero-order valence-corrected chi connectivity index (χ0v) is 15.8. The molecular formula is C17H13FN4O4S2. The van der Waals surface area contributed by atoms with Gasteiger partial charge in [-0.3, -0.25) is 20.2 Å². The average molecular weight is 420 g/mol. The van der Waals surface area contributed by atoms with E-state index in [0.29, 0.717) is 15.7 Å². The third-order valence-corrected chi connectivity index (χ3v) is 5.40. The summed E-state index contributed by atoms with van der Waals surface area (Å²) in [5.41, 5.74) is 0.323. The van der Waals surface area contributed by atoms with E-state index in [9.17, 15) is 19.3 Å². The molecule has 3 rings (SSSR count). The van der Waals surface area contributed by atoms with Crippen molar-refractivity contribution in [1.82, 2.24) is 10.2 Å². The van der Waals surface area contributed by atoms with Crippen molar-refractivity contribution in [3.05, 3.63) is 70.0 Å². The molecule has 8 nitrogen and oxygen atoms in total. The largest absolute Gasteiger partial charge is 0.477 e. The van der Waals surface area contributed by atoms with E-state index in [-0.39, 0.29) is 22.4 Å². The molecule has 3 aromatic rings. The number of ether oxygens (including phenoxy) is 1. The number of aromatic nitrogens is 2. The standard InChI is InChI=1S/C17H13FN4O4S2/c18-12-6-2-1-5-11(12)10-27-17-21-20-16(28-17)19-15(23)9-26-14-8-4-3-7-13(14)22(24)25/h1-8H,9-10H2,(H,19,20,23). The van der Waals surface area contributed by atoms with Crippen molar-refractivity contribution in [2.75, 3.05) is 11.9 Å². The summed E-state index contributed by atoms with van der Waals surface area (Å²) >= 11 is 2.44. The number of para-hydroxylation sites is 2. The van der Waals surface area contributed by atoms with Crippen LogP contribution < -0.4 is 10.1 Å². The zero-order valence-electron chi connectivity index (χ0n) is 14.2. The van der Waals surface area contributed by atoms with Gasteiger partial charge < -0.3 is 4.74 Å². The molecule has 11 heteroatoms. The van der Waals surface area contributed by atoms with Gasteiger partial charge in [0.15, 0.2) is 16.7 Å². The van der Waals surface area contributed by atoms with E-state index in [4.69, 9.17) is 4.74 Å². The number of rotatable bonds is 8. The third kappa shape index (κ3) is 5.24. The number of nitrogens with zero attached hydrogens (tertiary/aromatic N) is 3. The highest BCUT2D eigenvalue weighted by Gasteiger charge is 2.16. The molecular weight excluding hydrogens is 407 g/mol. The van der Waals surface area contributed by atoms with E-state index in [0.717, 1.165) is 11.3 Å². The fourth-order valence-corrected chi connectivity index (χ4v) is 3.86. The SMILES string of the molecule is O=C(COc1ccccc1[N+](=O)[O-])Nc1nnc(SCc2ccccc2F)s1. The van der Waals surface area contributed by atoms with E-state index >= 15 is 0 Å². The topological polar surface area (TPSA) is 107 Å². The van der Waals surface area contributed by atoms with E-state index < -0.39 is 17.4 Å². The molecule has 0 atom stereocenters. The molecule has 1 N–H and O–H groups in total. The van der Waals surface area contributed by atoms with Gasteiger partial charge in [0.2, 0.25) is 5.13 Å². The normalized spacial score (nSPS) is 10.5. The van der Waals surface area contributed by atoms with E-state index in [1.165, 1.54) is 36.0 Å². The minimum Gasteiger partial charge on any atom is -0.477 e. The number of nitro groups is 1. The van der Waals surface area contributed by atoms with Crippen molar-refractivity contribution in [3.63, 3.8) is 0 Å². The van der Waals surface area contributed by atoms with E-state index in [1.54, 1.807) is 24.3 Å². The van der Waals surface area contributed by atoms with Crippen LogP contribution in [0.25, 0.3) is 0 Å². The Balaban J connectivity index is 1.51. The van der Waals surface area contributed by atoms with Gasteiger partial charge in [-0.15, -0.1) is 10.2 Å². The van der Waals surface area contributed by atoms with Crippen molar-refractivity contribution < 1.29 is 18.8 Å². The Hall–Kier alpha value is -3.05. The molecule has 1 amide bonds. The lowest BCUT2D eigenvalue weighted by molar-refractivity contribution is -0.385. The monoisotopic (exact) mass is 420 g/mol. The maximum atomic E-state index is 13.6. The van der Waals surface area contributed by atoms with Crippen molar-refractivity contribution in [2.45, 2.75) is 10.1 Å². The summed E-state index contributed by atoms with van der Waals surface area (Å²) in [5.74, 6) is -0.433. The quantitative estimate of drug-likeness (QED) is 0.255. The number of carbonyl (C=O) groups excluding carboxylic acids is 1. The highest BCUT2D eigenvalue weighted by atomic mass is 32.2. The summed E-state index contributed by atoms with van der Waals surface area (Å²) in [6.45, 7) is -0.415. The van der Waals surface area contributed by atoms with Gasteiger partial charge in [0.05, 0.1) is 4.92 Å². The van der Waals surface area contributed by atoms with Crippen LogP contribution in [0.2, 0.25) is 0 Å². The summed E-state index contributed by atoms with van der Waals surface area (Å²) in [6.07, 6.45) is 0. The molecule has 0 aliphatic rings. The molecule has 0 unspecified atom stereocenters. The number of hydrogen-bond acceptors (Lipinski definition) is 8. The molecule has 0 aliphatic carbocycles. The maximum Gasteiger partial charge on any atom is 0.310 e. The minimum atomic E-state index is -0.586. The molecule has 0 radical (unpaired) electrons. The Labute approximate surface area is 166 Å². The second kappa shape index (κ2) is 9.24. The molecule has 144 valence electrons. The first-order chi connectivity index (χ1) is 13.5. The van der Waals surface area contributed by atoms with Crippen molar-refractivity contribution in [1.29, 1.82) is 0 Å². The van der Waals surface area contributed by atoms with Crippen LogP contribution in [0.1, 0.15) is 5.56 Å². The minimum absolute atomic E-state index is 0.000969. The van der Waals surface area contributed by atoms with Crippen LogP contribution in [0.5, 0.6) is 5.75 Å². The lowest BCUT2D eigenvalue weighted by Gasteiger charge is -2.05. The fraction of sp³-hybridized carbons (Fsp3) is 0.118. The molecule has 0 bridgehead atoms. The lowest BCUT2D eigenvalue weighted by atomic mass is 10.2. The number of carbonyl (C=O) groups is 1. The van der Waals surface area contributed by atoms with Gasteiger partial charge in [0, 0.05) is 11.8 Å². The molecule has 2 aromatic carbocycles. The van der Waals surface area contributed by atoms with Gasteiger partial charge in [-0.25, -0.2) is 4.39 Å². The Morgan fingerprint density at radius 3 is 2.75 bits per heavy atom. The van der Waals surface area contributed by atoms with Gasteiger partial charge >= 0.3 is 5.69 Å². The van der Waals surface area contributed by atoms with Gasteiger partial charge in [-0.2, -0.15) is 0 Å². The number of thioether (sulfide) groups is 1. The van der Waals surface area contributed by atoms with Crippen LogP contribution in [0.15, 0.2) is 52.9 Å². The van der Waals surface area contributed by atoms with Crippen LogP contribution in [0.3, 0.4) is 0 Å². The Kier molecular flexibility index (Phi) is 6.50. The highest BCUT2D eigenvalue weighted by Crippen LogP contribution is 2.29. The van der Waals surface area contributed by atoms with Crippen molar-refractivity contribution in [3.8, 4) is 5.75 Å². The Morgan fingerprint density at radius 2 is 1.96 bits per heavy atom. The summed E-state index contributed by atoms with van der Waals surface area (Å²) < 4.78 is 19.4. The summed E-state index contributed by atoms with van der Waals surface area (Å²) in [6, 6.07) is 12.2. The summed E-state index contributed by atoms with van der Waals surface area (Å²) in [7, 11) is 0. The van der Waals surface area contributed by atoms with Crippen molar-refractivity contribution in [2.24, 2.45) is 0 Å². The maximum absolute atomic E-state index is 13.6. The van der Waals surface area contributed by atoms with E-state index in [2.05, 4.69) is 15.5 Å². The van der Waals surface area contributed by atoms with Gasteiger partial charge in [0.1, 0.15) is 5.82 Å². The first-order valence-corrected chi connectivity index (χ1v) is 9.69. The van der Waals surface area contributed by atoms with Crippen LogP contribution in [-0.2, 0) is 10.5 Å². The molecule has 1 aromatic heterocycles.